The summed E-state index contributed by atoms with van der Waals surface area (Å²) in [7, 11) is 0. The molecule has 2 saturated heterocycles. The topological polar surface area (TPSA) is 104 Å². The number of hydrogen-bond acceptors (Lipinski definition) is 9. The van der Waals surface area contributed by atoms with Crippen molar-refractivity contribution < 1.29 is 18.7 Å². The van der Waals surface area contributed by atoms with E-state index in [-0.39, 0.29) is 11.7 Å². The van der Waals surface area contributed by atoms with Crippen LogP contribution in [-0.2, 0) is 14.3 Å². The second-order valence-electron chi connectivity index (χ2n) is 10.5. The van der Waals surface area contributed by atoms with E-state index in [1.165, 1.54) is 12.1 Å². The fourth-order valence-corrected chi connectivity index (χ4v) is 5.50. The van der Waals surface area contributed by atoms with Gasteiger partial charge >= 0.3 is 0 Å². The zero-order valence-corrected chi connectivity index (χ0v) is 25.3. The number of carbonyl (C=O) groups excluding carboxylic acids is 1. The summed E-state index contributed by atoms with van der Waals surface area (Å²) >= 11 is 6.54. The Morgan fingerprint density at radius 3 is 2.27 bits per heavy atom. The van der Waals surface area contributed by atoms with Crippen molar-refractivity contribution in [1.82, 2.24) is 9.97 Å². The highest BCUT2D eigenvalue weighted by atomic mass is 35.5. The maximum Gasteiger partial charge on any atom is 0.247 e. The molecule has 232 valence electrons. The standard InChI is InChI=1S/C33H33ClFN7O3/c1-2-31(43)38-23-5-3-4-22(18-23)32-28(37-24-7-9-29(27(35)19-24)41-10-14-44-15-11-41)21-36-33(40-32)39-25-6-8-26(34)30(20-25)42-12-16-45-17-13-42/h2-9,18-21,37H,1,10-17H2,(H,38,43)(H,36,39,40). The predicted molar refractivity (Wildman–Crippen MR) is 177 cm³/mol. The van der Waals surface area contributed by atoms with Gasteiger partial charge in [-0.3, -0.25) is 4.79 Å². The molecule has 0 aliphatic carbocycles. The third-order valence-corrected chi connectivity index (χ3v) is 7.83. The van der Waals surface area contributed by atoms with Gasteiger partial charge in [-0.1, -0.05) is 30.3 Å². The SMILES string of the molecule is C=CC(=O)Nc1cccc(-c2nc(Nc3ccc(Cl)c(N4CCOCC4)c3)ncc2Nc2ccc(N3CCOCC3)c(F)c2)c1. The lowest BCUT2D eigenvalue weighted by Crippen LogP contribution is -2.36. The normalized spacial score (nSPS) is 15.0. The van der Waals surface area contributed by atoms with Crippen molar-refractivity contribution in [1.29, 1.82) is 0 Å². The monoisotopic (exact) mass is 629 g/mol. The lowest BCUT2D eigenvalue weighted by molar-refractivity contribution is -0.111. The summed E-state index contributed by atoms with van der Waals surface area (Å²) in [6, 6.07) is 18.0. The molecule has 0 saturated carbocycles. The molecule has 2 fully saturated rings. The lowest BCUT2D eigenvalue weighted by Gasteiger charge is -2.30. The lowest BCUT2D eigenvalue weighted by atomic mass is 10.1. The first-order valence-electron chi connectivity index (χ1n) is 14.7. The van der Waals surface area contributed by atoms with Crippen LogP contribution in [0.1, 0.15) is 0 Å². The Balaban J connectivity index is 1.32. The molecule has 0 atom stereocenters. The van der Waals surface area contributed by atoms with E-state index in [2.05, 4.69) is 32.4 Å². The molecule has 2 aliphatic rings. The average molecular weight is 630 g/mol. The Hall–Kier alpha value is -4.71. The number of halogens is 2. The van der Waals surface area contributed by atoms with Crippen LogP contribution in [0.15, 0.2) is 79.5 Å². The summed E-state index contributed by atoms with van der Waals surface area (Å²) in [5.41, 5.74) is 5.12. The van der Waals surface area contributed by atoms with Crippen LogP contribution in [-0.4, -0.2) is 68.5 Å². The number of nitrogens with one attached hydrogen (secondary N) is 3. The number of ether oxygens (including phenoxy) is 2. The summed E-state index contributed by atoms with van der Waals surface area (Å²) in [6.07, 6.45) is 2.85. The van der Waals surface area contributed by atoms with E-state index in [0.29, 0.717) is 84.5 Å². The van der Waals surface area contributed by atoms with Crippen LogP contribution in [0.5, 0.6) is 0 Å². The summed E-state index contributed by atoms with van der Waals surface area (Å²) in [6.45, 7) is 8.70. The Kier molecular flexibility index (Phi) is 9.39. The first kappa shape index (κ1) is 30.3. The van der Waals surface area contributed by atoms with Crippen LogP contribution in [0.4, 0.5) is 44.5 Å². The number of nitrogens with zero attached hydrogens (tertiary/aromatic N) is 4. The predicted octanol–water partition coefficient (Wildman–Crippen LogP) is 6.22. The number of benzene rings is 3. The van der Waals surface area contributed by atoms with E-state index in [9.17, 15) is 4.79 Å². The highest BCUT2D eigenvalue weighted by Gasteiger charge is 2.18. The van der Waals surface area contributed by atoms with Gasteiger partial charge in [0.25, 0.3) is 0 Å². The molecule has 0 spiro atoms. The fraction of sp³-hybridized carbons (Fsp3) is 0.242. The van der Waals surface area contributed by atoms with Crippen molar-refractivity contribution >= 4 is 57.6 Å². The molecule has 3 heterocycles. The Bertz CT molecular complexity index is 1690. The minimum absolute atomic E-state index is 0.329. The molecule has 10 nitrogen and oxygen atoms in total. The van der Waals surface area contributed by atoms with Gasteiger partial charge in [0.2, 0.25) is 11.9 Å². The second kappa shape index (κ2) is 13.9. The first-order valence-corrected chi connectivity index (χ1v) is 15.0. The van der Waals surface area contributed by atoms with E-state index >= 15 is 4.39 Å². The molecule has 3 aromatic carbocycles. The zero-order valence-electron chi connectivity index (χ0n) is 24.6. The van der Waals surface area contributed by atoms with Crippen molar-refractivity contribution in [2.24, 2.45) is 0 Å². The van der Waals surface area contributed by atoms with Crippen LogP contribution in [0.2, 0.25) is 5.02 Å². The van der Waals surface area contributed by atoms with Gasteiger partial charge < -0.3 is 35.2 Å². The average Bonchev–Trinajstić information content (AvgIpc) is 3.07. The van der Waals surface area contributed by atoms with E-state index in [1.54, 1.807) is 24.4 Å². The fourth-order valence-electron chi connectivity index (χ4n) is 5.26. The molecule has 0 bridgehead atoms. The number of hydrogen-bond donors (Lipinski definition) is 3. The quantitative estimate of drug-likeness (QED) is 0.186. The highest BCUT2D eigenvalue weighted by Crippen LogP contribution is 2.34. The number of amides is 1. The van der Waals surface area contributed by atoms with Crippen molar-refractivity contribution in [3.05, 3.63) is 90.4 Å². The van der Waals surface area contributed by atoms with Crippen LogP contribution in [0, 0.1) is 5.82 Å². The molecule has 1 amide bonds. The largest absolute Gasteiger partial charge is 0.378 e. The van der Waals surface area contributed by atoms with Crippen LogP contribution >= 0.6 is 11.6 Å². The summed E-state index contributed by atoms with van der Waals surface area (Å²) < 4.78 is 26.1. The number of anilines is 7. The second-order valence-corrected chi connectivity index (χ2v) is 10.9. The van der Waals surface area contributed by atoms with Gasteiger partial charge in [-0.25, -0.2) is 14.4 Å². The van der Waals surface area contributed by atoms with E-state index < -0.39 is 0 Å². The Morgan fingerprint density at radius 2 is 1.56 bits per heavy atom. The van der Waals surface area contributed by atoms with Crippen molar-refractivity contribution in [2.75, 3.05) is 78.4 Å². The number of morpholine rings is 2. The third kappa shape index (κ3) is 7.34. The molecule has 6 rings (SSSR count). The van der Waals surface area contributed by atoms with Crippen molar-refractivity contribution in [2.45, 2.75) is 0 Å². The smallest absolute Gasteiger partial charge is 0.247 e. The minimum atomic E-state index is -0.337. The zero-order chi connectivity index (χ0) is 31.2. The van der Waals surface area contributed by atoms with Gasteiger partial charge in [0.15, 0.2) is 0 Å². The van der Waals surface area contributed by atoms with E-state index in [4.69, 9.17) is 26.1 Å². The molecule has 12 heteroatoms. The van der Waals surface area contributed by atoms with Gasteiger partial charge in [-0.05, 0) is 54.6 Å². The van der Waals surface area contributed by atoms with E-state index in [0.717, 1.165) is 24.5 Å². The molecule has 3 N–H and O–H groups in total. The Labute approximate surface area is 265 Å². The van der Waals surface area contributed by atoms with Gasteiger partial charge in [0.1, 0.15) is 5.82 Å². The summed E-state index contributed by atoms with van der Waals surface area (Å²) in [4.78, 5) is 25.6. The van der Waals surface area contributed by atoms with Gasteiger partial charge in [0, 0.05) is 48.8 Å². The summed E-state index contributed by atoms with van der Waals surface area (Å²) in [5.74, 6) is -0.319. The minimum Gasteiger partial charge on any atom is -0.378 e. The molecular weight excluding hydrogens is 597 g/mol. The number of rotatable bonds is 9. The number of carbonyl (C=O) groups is 1. The van der Waals surface area contributed by atoms with Gasteiger partial charge in [-0.2, -0.15) is 0 Å². The van der Waals surface area contributed by atoms with Gasteiger partial charge in [-0.15, -0.1) is 0 Å². The molecule has 45 heavy (non-hydrogen) atoms. The molecular formula is C33H33ClFN7O3. The van der Waals surface area contributed by atoms with Crippen LogP contribution < -0.4 is 25.8 Å². The third-order valence-electron chi connectivity index (χ3n) is 7.51. The van der Waals surface area contributed by atoms with E-state index in [1.807, 2.05) is 41.3 Å². The molecule has 1 aromatic heterocycles. The number of aromatic nitrogens is 2. The summed E-state index contributed by atoms with van der Waals surface area (Å²) in [5, 5.41) is 10.0. The first-order chi connectivity index (χ1) is 22.0. The van der Waals surface area contributed by atoms with Crippen LogP contribution in [0.3, 0.4) is 0 Å². The van der Waals surface area contributed by atoms with Crippen LogP contribution in [0.25, 0.3) is 11.3 Å². The Morgan fingerprint density at radius 1 is 0.867 bits per heavy atom. The highest BCUT2D eigenvalue weighted by molar-refractivity contribution is 6.33. The molecule has 0 unspecified atom stereocenters. The van der Waals surface area contributed by atoms with Gasteiger partial charge in [0.05, 0.1) is 60.4 Å². The molecule has 2 aliphatic heterocycles. The van der Waals surface area contributed by atoms with Crippen molar-refractivity contribution in [3.63, 3.8) is 0 Å². The molecule has 0 radical (unpaired) electrons. The maximum absolute atomic E-state index is 15.2. The maximum atomic E-state index is 15.2. The molecule has 4 aromatic rings. The van der Waals surface area contributed by atoms with Crippen molar-refractivity contribution in [3.8, 4) is 11.3 Å².